The lowest BCUT2D eigenvalue weighted by Crippen LogP contribution is -2.18. The predicted molar refractivity (Wildman–Crippen MR) is 130 cm³/mol. The highest BCUT2D eigenvalue weighted by Gasteiger charge is 2.27. The van der Waals surface area contributed by atoms with Gasteiger partial charge in [0.1, 0.15) is 0 Å². The minimum Gasteiger partial charge on any atom is -0.324 e. The molecule has 1 atom stereocenters. The SMILES string of the molecule is CCCCCCCCCCCCC(CCCSCCCNCCCOO)P(=O)(O)O. The van der Waals surface area contributed by atoms with E-state index in [1.807, 2.05) is 11.8 Å². The molecule has 0 radical (unpaired) electrons. The zero-order chi connectivity index (χ0) is 22.3. The summed E-state index contributed by atoms with van der Waals surface area (Å²) in [6.45, 7) is 4.39. The van der Waals surface area contributed by atoms with Crippen LogP contribution in [0.3, 0.4) is 0 Å². The molecule has 0 fully saturated rings. The Hall–Kier alpha value is 0.380. The summed E-state index contributed by atoms with van der Waals surface area (Å²) >= 11 is 1.86. The van der Waals surface area contributed by atoms with Crippen LogP contribution in [0.1, 0.15) is 103 Å². The summed E-state index contributed by atoms with van der Waals surface area (Å²) in [5.74, 6) is 2.02. The fraction of sp³-hybridized carbons (Fsp3) is 1.00. The van der Waals surface area contributed by atoms with Gasteiger partial charge in [0.25, 0.3) is 0 Å². The first kappa shape index (κ1) is 30.4. The Kier molecular flexibility index (Phi) is 22.9. The second kappa shape index (κ2) is 22.6. The summed E-state index contributed by atoms with van der Waals surface area (Å²) in [5.41, 5.74) is -0.456. The standard InChI is InChI=1S/C22H48NO5PS/c1-2-3-4-5-6-7-8-9-10-11-15-22(29(25,26)27)16-12-20-30-21-14-18-23-17-13-19-28-24/h22-24H,2-21H2,1H3,(H2,25,26,27). The maximum atomic E-state index is 11.8. The average molecular weight is 470 g/mol. The Bertz CT molecular complexity index is 398. The molecule has 0 heterocycles. The van der Waals surface area contributed by atoms with Crippen LogP contribution in [-0.4, -0.2) is 51.9 Å². The minimum atomic E-state index is -3.98. The zero-order valence-corrected chi connectivity index (χ0v) is 20.9. The summed E-state index contributed by atoms with van der Waals surface area (Å²) in [6, 6.07) is 0. The van der Waals surface area contributed by atoms with Gasteiger partial charge in [0, 0.05) is 0 Å². The molecular weight excluding hydrogens is 421 g/mol. The van der Waals surface area contributed by atoms with E-state index in [-0.39, 0.29) is 0 Å². The smallest absolute Gasteiger partial charge is 0.324 e. The van der Waals surface area contributed by atoms with E-state index in [0.29, 0.717) is 19.4 Å². The van der Waals surface area contributed by atoms with Gasteiger partial charge in [-0.15, -0.1) is 0 Å². The van der Waals surface area contributed by atoms with Crippen LogP contribution in [0, 0.1) is 0 Å². The number of nitrogens with one attached hydrogen (secondary N) is 1. The number of unbranched alkanes of at least 4 members (excludes halogenated alkanes) is 9. The van der Waals surface area contributed by atoms with Crippen molar-refractivity contribution in [3.8, 4) is 0 Å². The summed E-state index contributed by atoms with van der Waals surface area (Å²) in [7, 11) is -3.98. The third kappa shape index (κ3) is 21.6. The van der Waals surface area contributed by atoms with E-state index in [1.165, 1.54) is 51.4 Å². The molecule has 0 rings (SSSR count). The molecule has 0 aliphatic rings. The van der Waals surface area contributed by atoms with Crippen LogP contribution in [-0.2, 0) is 9.45 Å². The van der Waals surface area contributed by atoms with Crippen molar-refractivity contribution >= 4 is 19.4 Å². The number of hydrogen-bond acceptors (Lipinski definition) is 5. The molecule has 0 aliphatic carbocycles. The lowest BCUT2D eigenvalue weighted by Gasteiger charge is -2.18. The Morgan fingerprint density at radius 1 is 0.800 bits per heavy atom. The Morgan fingerprint density at radius 3 is 1.93 bits per heavy atom. The highest BCUT2D eigenvalue weighted by Crippen LogP contribution is 2.46. The molecule has 0 aromatic rings. The molecule has 0 amide bonds. The van der Waals surface area contributed by atoms with Crippen LogP contribution in [0.15, 0.2) is 0 Å². The summed E-state index contributed by atoms with van der Waals surface area (Å²) in [5, 5.41) is 11.5. The highest BCUT2D eigenvalue weighted by molar-refractivity contribution is 7.99. The molecule has 30 heavy (non-hydrogen) atoms. The topological polar surface area (TPSA) is 99.0 Å². The lowest BCUT2D eigenvalue weighted by atomic mass is 10.0. The summed E-state index contributed by atoms with van der Waals surface area (Å²) in [4.78, 5) is 23.3. The van der Waals surface area contributed by atoms with E-state index >= 15 is 0 Å². The molecule has 0 aromatic heterocycles. The van der Waals surface area contributed by atoms with Gasteiger partial charge in [-0.05, 0) is 56.7 Å². The van der Waals surface area contributed by atoms with Crippen molar-refractivity contribution in [3.63, 3.8) is 0 Å². The third-order valence-electron chi connectivity index (χ3n) is 5.42. The van der Waals surface area contributed by atoms with Gasteiger partial charge in [-0.3, -0.25) is 9.82 Å². The van der Waals surface area contributed by atoms with Crippen molar-refractivity contribution in [1.29, 1.82) is 0 Å². The predicted octanol–water partition coefficient (Wildman–Crippen LogP) is 6.22. The van der Waals surface area contributed by atoms with Crippen molar-refractivity contribution in [2.45, 2.75) is 109 Å². The van der Waals surface area contributed by atoms with Crippen LogP contribution in [0.2, 0.25) is 0 Å². The van der Waals surface area contributed by atoms with Gasteiger partial charge in [-0.1, -0.05) is 71.1 Å². The van der Waals surface area contributed by atoms with Gasteiger partial charge < -0.3 is 15.1 Å². The van der Waals surface area contributed by atoms with E-state index < -0.39 is 13.3 Å². The van der Waals surface area contributed by atoms with E-state index in [1.54, 1.807) is 0 Å². The van der Waals surface area contributed by atoms with E-state index in [0.717, 1.165) is 56.7 Å². The second-order valence-electron chi connectivity index (χ2n) is 8.26. The fourth-order valence-corrected chi connectivity index (χ4v) is 5.52. The summed E-state index contributed by atoms with van der Waals surface area (Å²) < 4.78 is 11.8. The van der Waals surface area contributed by atoms with E-state index in [2.05, 4.69) is 17.1 Å². The number of hydrogen-bond donors (Lipinski definition) is 4. The Labute approximate surface area is 189 Å². The van der Waals surface area contributed by atoms with E-state index in [4.69, 9.17) is 5.26 Å². The molecule has 0 saturated carbocycles. The van der Waals surface area contributed by atoms with Gasteiger partial charge in [-0.2, -0.15) is 11.8 Å². The molecule has 182 valence electrons. The van der Waals surface area contributed by atoms with Gasteiger partial charge >= 0.3 is 7.60 Å². The average Bonchev–Trinajstić information content (AvgIpc) is 2.70. The lowest BCUT2D eigenvalue weighted by molar-refractivity contribution is -0.242. The van der Waals surface area contributed by atoms with Gasteiger partial charge in [-0.25, -0.2) is 4.89 Å². The molecule has 0 aromatic carbocycles. The monoisotopic (exact) mass is 469 g/mol. The van der Waals surface area contributed by atoms with Crippen molar-refractivity contribution in [1.82, 2.24) is 5.32 Å². The quantitative estimate of drug-likeness (QED) is 0.0576. The third-order valence-corrected chi connectivity index (χ3v) is 8.05. The van der Waals surface area contributed by atoms with Gasteiger partial charge in [0.05, 0.1) is 12.3 Å². The molecule has 4 N–H and O–H groups in total. The normalized spacial score (nSPS) is 13.1. The summed E-state index contributed by atoms with van der Waals surface area (Å²) in [6.07, 6.45) is 16.5. The highest BCUT2D eigenvalue weighted by atomic mass is 32.2. The Morgan fingerprint density at radius 2 is 1.33 bits per heavy atom. The first-order valence-corrected chi connectivity index (χ1v) is 15.0. The van der Waals surface area contributed by atoms with Crippen molar-refractivity contribution < 1.29 is 24.5 Å². The van der Waals surface area contributed by atoms with Crippen LogP contribution in [0.25, 0.3) is 0 Å². The van der Waals surface area contributed by atoms with Crippen molar-refractivity contribution in [2.24, 2.45) is 0 Å². The molecule has 6 nitrogen and oxygen atoms in total. The fourth-order valence-electron chi connectivity index (χ4n) is 3.56. The molecular formula is C22H48NO5PS. The van der Waals surface area contributed by atoms with E-state index in [9.17, 15) is 14.4 Å². The zero-order valence-electron chi connectivity index (χ0n) is 19.2. The number of thioether (sulfide) groups is 1. The molecule has 0 spiro atoms. The number of rotatable bonds is 24. The molecule has 0 aliphatic heterocycles. The van der Waals surface area contributed by atoms with Crippen molar-refractivity contribution in [2.75, 3.05) is 31.2 Å². The second-order valence-corrected chi connectivity index (χ2v) is 11.4. The van der Waals surface area contributed by atoms with Gasteiger partial charge in [0.15, 0.2) is 0 Å². The van der Waals surface area contributed by atoms with Gasteiger partial charge in [0.2, 0.25) is 0 Å². The van der Waals surface area contributed by atoms with Crippen LogP contribution in [0.5, 0.6) is 0 Å². The van der Waals surface area contributed by atoms with Crippen molar-refractivity contribution in [3.05, 3.63) is 0 Å². The molecule has 8 heteroatoms. The first-order valence-electron chi connectivity index (χ1n) is 12.1. The Balaban J connectivity index is 3.61. The maximum absolute atomic E-state index is 11.8. The van der Waals surface area contributed by atoms with Crippen LogP contribution >= 0.6 is 19.4 Å². The largest absolute Gasteiger partial charge is 0.328 e. The molecule has 1 unspecified atom stereocenters. The maximum Gasteiger partial charge on any atom is 0.328 e. The first-order chi connectivity index (χ1) is 14.5. The van der Waals surface area contributed by atoms with Crippen LogP contribution < -0.4 is 5.32 Å². The molecule has 0 bridgehead atoms. The van der Waals surface area contributed by atoms with Crippen LogP contribution in [0.4, 0.5) is 0 Å². The minimum absolute atomic E-state index is 0.363. The molecule has 0 saturated heterocycles.